The van der Waals surface area contributed by atoms with Gasteiger partial charge in [-0.15, -0.1) is 0 Å². The van der Waals surface area contributed by atoms with E-state index in [1.165, 1.54) is 32.7 Å². The maximum absolute atomic E-state index is 6.09. The highest BCUT2D eigenvalue weighted by atomic mass is 35.5. The number of fused-ring (bicyclic) bond motifs is 2. The fraction of sp³-hybridized carbons (Fsp3) is 0.125. The number of hydrogen-bond acceptors (Lipinski definition) is 0. The Balaban J connectivity index is 2.63. The molecule has 0 unspecified atom stereocenters. The molecule has 0 amide bonds. The second-order valence-electron chi connectivity index (χ2n) is 4.49. The largest absolute Gasteiger partial charge is 0.0843 e. The van der Waals surface area contributed by atoms with E-state index in [4.69, 9.17) is 11.6 Å². The standard InChI is InChI=1S/C16H13Cl/c1-10-13-5-3-4-6-14(13)11(2)16-9-12(17)7-8-15(10)16/h3-9H,1-2H3. The van der Waals surface area contributed by atoms with Gasteiger partial charge in [-0.3, -0.25) is 0 Å². The monoisotopic (exact) mass is 240 g/mol. The fourth-order valence-corrected chi connectivity index (χ4v) is 2.75. The molecule has 3 aromatic carbocycles. The first-order chi connectivity index (χ1) is 8.18. The molecule has 1 heteroatoms. The molecule has 3 aromatic rings. The minimum atomic E-state index is 0.801. The quantitative estimate of drug-likeness (QED) is 0.470. The molecule has 0 spiro atoms. The van der Waals surface area contributed by atoms with Crippen molar-refractivity contribution in [1.29, 1.82) is 0 Å². The normalized spacial score (nSPS) is 11.2. The van der Waals surface area contributed by atoms with Crippen molar-refractivity contribution < 1.29 is 0 Å². The molecule has 0 heterocycles. The van der Waals surface area contributed by atoms with Gasteiger partial charge in [-0.1, -0.05) is 41.9 Å². The zero-order valence-electron chi connectivity index (χ0n) is 9.92. The van der Waals surface area contributed by atoms with Gasteiger partial charge in [-0.05, 0) is 58.7 Å². The molecule has 0 nitrogen and oxygen atoms in total. The third-order valence-corrected chi connectivity index (χ3v) is 3.76. The molecule has 0 saturated carbocycles. The lowest BCUT2D eigenvalue weighted by atomic mass is 9.93. The van der Waals surface area contributed by atoms with Gasteiger partial charge in [0.25, 0.3) is 0 Å². The van der Waals surface area contributed by atoms with Crippen LogP contribution in [0.25, 0.3) is 21.5 Å². The van der Waals surface area contributed by atoms with E-state index in [9.17, 15) is 0 Å². The average Bonchev–Trinajstić information content (AvgIpc) is 2.36. The molecule has 17 heavy (non-hydrogen) atoms. The summed E-state index contributed by atoms with van der Waals surface area (Å²) in [4.78, 5) is 0. The SMILES string of the molecule is Cc1c2ccccc2c(C)c2cc(Cl)ccc12. The molecule has 0 aliphatic heterocycles. The Labute approximate surface area is 106 Å². The second-order valence-corrected chi connectivity index (χ2v) is 4.92. The van der Waals surface area contributed by atoms with Crippen LogP contribution in [-0.2, 0) is 0 Å². The Morgan fingerprint density at radius 3 is 1.88 bits per heavy atom. The number of halogens is 1. The molecule has 3 rings (SSSR count). The van der Waals surface area contributed by atoms with Crippen LogP contribution >= 0.6 is 11.6 Å². The predicted octanol–water partition coefficient (Wildman–Crippen LogP) is 5.26. The minimum Gasteiger partial charge on any atom is -0.0843 e. The number of benzene rings is 3. The smallest absolute Gasteiger partial charge is 0.0412 e. The van der Waals surface area contributed by atoms with E-state index >= 15 is 0 Å². The number of rotatable bonds is 0. The first kappa shape index (κ1) is 10.6. The lowest BCUT2D eigenvalue weighted by Crippen LogP contribution is -1.87. The van der Waals surface area contributed by atoms with E-state index in [2.05, 4.69) is 50.2 Å². The molecule has 0 aromatic heterocycles. The molecular formula is C16H13Cl. The highest BCUT2D eigenvalue weighted by Crippen LogP contribution is 2.33. The summed E-state index contributed by atoms with van der Waals surface area (Å²) in [6.45, 7) is 4.35. The topological polar surface area (TPSA) is 0 Å². The molecule has 0 radical (unpaired) electrons. The maximum atomic E-state index is 6.09. The van der Waals surface area contributed by atoms with Crippen LogP contribution in [0.1, 0.15) is 11.1 Å². The predicted molar refractivity (Wildman–Crippen MR) is 75.9 cm³/mol. The van der Waals surface area contributed by atoms with Crippen molar-refractivity contribution in [3.8, 4) is 0 Å². The maximum Gasteiger partial charge on any atom is 0.0412 e. The fourth-order valence-electron chi connectivity index (χ4n) is 2.58. The molecule has 0 bridgehead atoms. The Kier molecular flexibility index (Phi) is 2.34. The zero-order chi connectivity index (χ0) is 12.0. The molecule has 0 aliphatic rings. The summed E-state index contributed by atoms with van der Waals surface area (Å²) in [5.74, 6) is 0. The van der Waals surface area contributed by atoms with E-state index in [0.29, 0.717) is 0 Å². The lowest BCUT2D eigenvalue weighted by Gasteiger charge is -2.11. The summed E-state index contributed by atoms with van der Waals surface area (Å²) in [7, 11) is 0. The lowest BCUT2D eigenvalue weighted by molar-refractivity contribution is 1.52. The van der Waals surface area contributed by atoms with Gasteiger partial charge in [0.15, 0.2) is 0 Å². The van der Waals surface area contributed by atoms with Crippen LogP contribution < -0.4 is 0 Å². The van der Waals surface area contributed by atoms with Gasteiger partial charge in [-0.2, -0.15) is 0 Å². The van der Waals surface area contributed by atoms with Crippen molar-refractivity contribution in [1.82, 2.24) is 0 Å². The number of hydrogen-bond donors (Lipinski definition) is 0. The average molecular weight is 241 g/mol. The van der Waals surface area contributed by atoms with E-state index in [1.54, 1.807) is 0 Å². The van der Waals surface area contributed by atoms with Crippen molar-refractivity contribution in [3.63, 3.8) is 0 Å². The van der Waals surface area contributed by atoms with Gasteiger partial charge in [0.05, 0.1) is 0 Å². The van der Waals surface area contributed by atoms with Crippen molar-refractivity contribution in [3.05, 3.63) is 58.6 Å². The van der Waals surface area contributed by atoms with Crippen LogP contribution in [0.15, 0.2) is 42.5 Å². The van der Waals surface area contributed by atoms with Gasteiger partial charge in [-0.25, -0.2) is 0 Å². The van der Waals surface area contributed by atoms with Gasteiger partial charge in [0.2, 0.25) is 0 Å². The first-order valence-corrected chi connectivity index (χ1v) is 6.13. The van der Waals surface area contributed by atoms with Crippen LogP contribution in [0.3, 0.4) is 0 Å². The molecule has 0 aliphatic carbocycles. The Hall–Kier alpha value is -1.53. The summed E-state index contributed by atoms with van der Waals surface area (Å²) in [5.41, 5.74) is 2.64. The van der Waals surface area contributed by atoms with Gasteiger partial charge >= 0.3 is 0 Å². The van der Waals surface area contributed by atoms with Crippen LogP contribution in [0.4, 0.5) is 0 Å². The van der Waals surface area contributed by atoms with Crippen molar-refractivity contribution >= 4 is 33.1 Å². The van der Waals surface area contributed by atoms with Crippen LogP contribution in [0.5, 0.6) is 0 Å². The Morgan fingerprint density at radius 1 is 0.706 bits per heavy atom. The minimum absolute atomic E-state index is 0.801. The third-order valence-electron chi connectivity index (χ3n) is 3.52. The molecule has 0 atom stereocenters. The van der Waals surface area contributed by atoms with E-state index in [-0.39, 0.29) is 0 Å². The summed E-state index contributed by atoms with van der Waals surface area (Å²) in [6.07, 6.45) is 0. The van der Waals surface area contributed by atoms with Gasteiger partial charge < -0.3 is 0 Å². The summed E-state index contributed by atoms with van der Waals surface area (Å²) in [5, 5.41) is 6.01. The number of aryl methyl sites for hydroxylation is 2. The van der Waals surface area contributed by atoms with Crippen molar-refractivity contribution in [2.24, 2.45) is 0 Å². The highest BCUT2D eigenvalue weighted by Gasteiger charge is 2.08. The Bertz CT molecular complexity index is 726. The summed E-state index contributed by atoms with van der Waals surface area (Å²) < 4.78 is 0. The van der Waals surface area contributed by atoms with E-state index in [1.807, 2.05) is 6.07 Å². The molecule has 0 fully saturated rings. The van der Waals surface area contributed by atoms with Crippen molar-refractivity contribution in [2.45, 2.75) is 13.8 Å². The highest BCUT2D eigenvalue weighted by molar-refractivity contribution is 6.31. The third kappa shape index (κ3) is 1.52. The zero-order valence-corrected chi connectivity index (χ0v) is 10.7. The van der Waals surface area contributed by atoms with Gasteiger partial charge in [0, 0.05) is 5.02 Å². The molecular weight excluding hydrogens is 228 g/mol. The summed E-state index contributed by atoms with van der Waals surface area (Å²) >= 11 is 6.09. The summed E-state index contributed by atoms with van der Waals surface area (Å²) in [6, 6.07) is 14.7. The van der Waals surface area contributed by atoms with E-state index < -0.39 is 0 Å². The van der Waals surface area contributed by atoms with Crippen LogP contribution in [0, 0.1) is 13.8 Å². The molecule has 84 valence electrons. The van der Waals surface area contributed by atoms with Gasteiger partial charge in [0.1, 0.15) is 0 Å². The van der Waals surface area contributed by atoms with Crippen LogP contribution in [0.2, 0.25) is 5.02 Å². The first-order valence-electron chi connectivity index (χ1n) is 5.75. The second kappa shape index (κ2) is 3.75. The van der Waals surface area contributed by atoms with Crippen molar-refractivity contribution in [2.75, 3.05) is 0 Å². The van der Waals surface area contributed by atoms with Crippen LogP contribution in [-0.4, -0.2) is 0 Å². The van der Waals surface area contributed by atoms with E-state index in [0.717, 1.165) is 5.02 Å². The molecule has 0 saturated heterocycles. The molecule has 0 N–H and O–H groups in total. The Morgan fingerprint density at radius 2 is 1.24 bits per heavy atom.